The minimum atomic E-state index is -0.0899. The Balaban J connectivity index is 0.00000196. The molecule has 1 unspecified atom stereocenters. The average molecular weight is 373 g/mol. The molecule has 1 atom stereocenters. The zero-order chi connectivity index (χ0) is 17.2. The van der Waals surface area contributed by atoms with Gasteiger partial charge in [-0.2, -0.15) is 5.10 Å². The molecule has 2 N–H and O–H groups in total. The minimum Gasteiger partial charge on any atom is -0.496 e. The summed E-state index contributed by atoms with van der Waals surface area (Å²) in [6.45, 7) is 2.08. The summed E-state index contributed by atoms with van der Waals surface area (Å²) in [4.78, 5) is 15.1. The monoisotopic (exact) mass is 372 g/mol. The third-order valence-electron chi connectivity index (χ3n) is 4.68. The van der Waals surface area contributed by atoms with Crippen LogP contribution in [0, 0.1) is 0 Å². The van der Waals surface area contributed by atoms with E-state index in [2.05, 4.69) is 15.5 Å². The molecule has 2 aromatic carbocycles. The maximum absolute atomic E-state index is 13.2. The Morgan fingerprint density at radius 2 is 1.96 bits per heavy atom. The number of benzene rings is 2. The normalized spacial score (nSPS) is 17.0. The molecule has 0 bridgehead atoms. The Kier molecular flexibility index (Phi) is 5.44. The molecule has 1 amide bonds. The topological polar surface area (TPSA) is 70.2 Å². The van der Waals surface area contributed by atoms with Gasteiger partial charge in [0.2, 0.25) is 0 Å². The van der Waals surface area contributed by atoms with Crippen molar-refractivity contribution in [3.63, 3.8) is 0 Å². The first-order chi connectivity index (χ1) is 12.3. The number of hydrogen-bond acceptors (Lipinski definition) is 4. The van der Waals surface area contributed by atoms with Crippen LogP contribution in [0.3, 0.4) is 0 Å². The maximum Gasteiger partial charge on any atom is 0.275 e. The van der Waals surface area contributed by atoms with Crippen LogP contribution in [0.2, 0.25) is 0 Å². The van der Waals surface area contributed by atoms with Crippen molar-refractivity contribution in [1.29, 1.82) is 0 Å². The number of carbonyl (C=O) groups excluding carboxylic acids is 1. The molecule has 0 saturated carbocycles. The van der Waals surface area contributed by atoms with Gasteiger partial charge in [0, 0.05) is 30.6 Å². The van der Waals surface area contributed by atoms with Gasteiger partial charge in [0.15, 0.2) is 5.69 Å². The SMILES string of the molecule is COc1ccccc1C1CNCCN1C(=O)c1n[nH]c2ccccc12.Cl. The second-order valence-corrected chi connectivity index (χ2v) is 6.08. The Labute approximate surface area is 157 Å². The summed E-state index contributed by atoms with van der Waals surface area (Å²) in [7, 11) is 1.66. The molecule has 4 rings (SSSR count). The number of rotatable bonds is 3. The third kappa shape index (κ3) is 3.13. The van der Waals surface area contributed by atoms with Crippen LogP contribution in [0.5, 0.6) is 5.75 Å². The fraction of sp³-hybridized carbons (Fsp3) is 0.263. The van der Waals surface area contributed by atoms with Crippen LogP contribution >= 0.6 is 12.4 Å². The van der Waals surface area contributed by atoms with Crippen molar-refractivity contribution in [2.45, 2.75) is 6.04 Å². The lowest BCUT2D eigenvalue weighted by atomic mass is 10.0. The molecule has 1 aliphatic rings. The summed E-state index contributed by atoms with van der Waals surface area (Å²) in [6, 6.07) is 15.5. The number of aromatic nitrogens is 2. The van der Waals surface area contributed by atoms with E-state index in [-0.39, 0.29) is 24.4 Å². The fourth-order valence-corrected chi connectivity index (χ4v) is 3.43. The Bertz CT molecular complexity index is 911. The number of nitrogens with one attached hydrogen (secondary N) is 2. The zero-order valence-corrected chi connectivity index (χ0v) is 15.3. The Hall–Kier alpha value is -2.57. The van der Waals surface area contributed by atoms with Gasteiger partial charge in [0.1, 0.15) is 5.75 Å². The minimum absolute atomic E-state index is 0. The number of H-pyrrole nitrogens is 1. The quantitative estimate of drug-likeness (QED) is 0.741. The highest BCUT2D eigenvalue weighted by molar-refractivity contribution is 6.04. The van der Waals surface area contributed by atoms with Crippen molar-refractivity contribution >= 4 is 29.2 Å². The number of halogens is 1. The first-order valence-electron chi connectivity index (χ1n) is 8.37. The predicted octanol–water partition coefficient (Wildman–Crippen LogP) is 2.78. The predicted molar refractivity (Wildman–Crippen MR) is 103 cm³/mol. The molecular weight excluding hydrogens is 352 g/mol. The number of methoxy groups -OCH3 is 1. The third-order valence-corrected chi connectivity index (χ3v) is 4.68. The fourth-order valence-electron chi connectivity index (χ4n) is 3.43. The van der Waals surface area contributed by atoms with Crippen LogP contribution < -0.4 is 10.1 Å². The number of amides is 1. The molecular formula is C19H21ClN4O2. The molecule has 7 heteroatoms. The van der Waals surface area contributed by atoms with Crippen LogP contribution in [-0.4, -0.2) is 47.7 Å². The molecule has 2 heterocycles. The Morgan fingerprint density at radius 3 is 2.81 bits per heavy atom. The van der Waals surface area contributed by atoms with Crippen LogP contribution in [0.1, 0.15) is 22.1 Å². The van der Waals surface area contributed by atoms with Crippen molar-refractivity contribution in [1.82, 2.24) is 20.4 Å². The highest BCUT2D eigenvalue weighted by Crippen LogP contribution is 2.31. The van der Waals surface area contributed by atoms with Crippen molar-refractivity contribution in [3.05, 3.63) is 59.8 Å². The summed E-state index contributed by atoms with van der Waals surface area (Å²) < 4.78 is 5.50. The van der Waals surface area contributed by atoms with E-state index in [0.717, 1.165) is 28.8 Å². The van der Waals surface area contributed by atoms with Gasteiger partial charge in [-0.3, -0.25) is 9.89 Å². The second kappa shape index (κ2) is 7.76. The summed E-state index contributed by atoms with van der Waals surface area (Å²) in [5.74, 6) is 0.732. The van der Waals surface area contributed by atoms with Gasteiger partial charge in [-0.1, -0.05) is 36.4 Å². The van der Waals surface area contributed by atoms with E-state index >= 15 is 0 Å². The van der Waals surface area contributed by atoms with Gasteiger partial charge in [0.05, 0.1) is 18.7 Å². The molecule has 6 nitrogen and oxygen atoms in total. The van der Waals surface area contributed by atoms with E-state index in [0.29, 0.717) is 18.8 Å². The standard InChI is InChI=1S/C19H20N4O2.ClH/c1-25-17-9-5-3-7-14(17)16-12-20-10-11-23(16)19(24)18-13-6-2-4-8-15(13)21-22-18;/h2-9,16,20H,10-12H2,1H3,(H,21,22);1H. The molecule has 0 spiro atoms. The number of carbonyl (C=O) groups is 1. The number of ether oxygens (including phenoxy) is 1. The van der Waals surface area contributed by atoms with Crippen molar-refractivity contribution in [2.75, 3.05) is 26.7 Å². The first-order valence-corrected chi connectivity index (χ1v) is 8.37. The second-order valence-electron chi connectivity index (χ2n) is 6.08. The molecule has 0 aliphatic carbocycles. The average Bonchev–Trinajstić information content (AvgIpc) is 3.11. The van der Waals surface area contributed by atoms with E-state index in [4.69, 9.17) is 4.74 Å². The zero-order valence-electron chi connectivity index (χ0n) is 14.4. The van der Waals surface area contributed by atoms with Crippen LogP contribution in [-0.2, 0) is 0 Å². The molecule has 1 fully saturated rings. The van der Waals surface area contributed by atoms with Gasteiger partial charge < -0.3 is 15.0 Å². The van der Waals surface area contributed by atoms with Gasteiger partial charge in [-0.05, 0) is 12.1 Å². The largest absolute Gasteiger partial charge is 0.496 e. The van der Waals surface area contributed by atoms with Crippen LogP contribution in [0.4, 0.5) is 0 Å². The van der Waals surface area contributed by atoms with Crippen molar-refractivity contribution in [2.24, 2.45) is 0 Å². The number of piperazine rings is 1. The number of fused-ring (bicyclic) bond motifs is 1. The van der Waals surface area contributed by atoms with Crippen molar-refractivity contribution < 1.29 is 9.53 Å². The number of hydrogen-bond donors (Lipinski definition) is 2. The first kappa shape index (κ1) is 18.2. The van der Waals surface area contributed by atoms with Gasteiger partial charge in [0.25, 0.3) is 5.91 Å². The molecule has 3 aromatic rings. The van der Waals surface area contributed by atoms with Crippen molar-refractivity contribution in [3.8, 4) is 5.75 Å². The molecule has 1 aliphatic heterocycles. The van der Waals surface area contributed by atoms with E-state index in [1.165, 1.54) is 0 Å². The summed E-state index contributed by atoms with van der Waals surface area (Å²) in [6.07, 6.45) is 0. The lowest BCUT2D eigenvalue weighted by molar-refractivity contribution is 0.0627. The van der Waals surface area contributed by atoms with Crippen LogP contribution in [0.25, 0.3) is 10.9 Å². The molecule has 1 saturated heterocycles. The molecule has 26 heavy (non-hydrogen) atoms. The summed E-state index contributed by atoms with van der Waals surface area (Å²) >= 11 is 0. The van der Waals surface area contributed by atoms with E-state index in [1.807, 2.05) is 53.4 Å². The van der Waals surface area contributed by atoms with E-state index in [9.17, 15) is 4.79 Å². The van der Waals surface area contributed by atoms with Gasteiger partial charge in [-0.25, -0.2) is 0 Å². The Morgan fingerprint density at radius 1 is 1.19 bits per heavy atom. The van der Waals surface area contributed by atoms with Gasteiger partial charge >= 0.3 is 0 Å². The summed E-state index contributed by atoms with van der Waals surface area (Å²) in [5, 5.41) is 11.4. The van der Waals surface area contributed by atoms with E-state index < -0.39 is 0 Å². The van der Waals surface area contributed by atoms with Crippen LogP contribution in [0.15, 0.2) is 48.5 Å². The highest BCUT2D eigenvalue weighted by atomic mass is 35.5. The summed E-state index contributed by atoms with van der Waals surface area (Å²) in [5.41, 5.74) is 2.35. The highest BCUT2D eigenvalue weighted by Gasteiger charge is 2.32. The van der Waals surface area contributed by atoms with Gasteiger partial charge in [-0.15, -0.1) is 12.4 Å². The maximum atomic E-state index is 13.2. The molecule has 0 radical (unpaired) electrons. The number of nitrogens with zero attached hydrogens (tertiary/aromatic N) is 2. The number of aromatic amines is 1. The molecule has 1 aromatic heterocycles. The lowest BCUT2D eigenvalue weighted by Crippen LogP contribution is -2.48. The van der Waals surface area contributed by atoms with E-state index in [1.54, 1.807) is 7.11 Å². The lowest BCUT2D eigenvalue weighted by Gasteiger charge is -2.36. The smallest absolute Gasteiger partial charge is 0.275 e. The molecule has 136 valence electrons. The number of para-hydroxylation sites is 2.